The molecule has 0 unspecified atom stereocenters. The molecule has 3 heterocycles. The smallest absolute Gasteiger partial charge is 0.168 e. The van der Waals surface area contributed by atoms with E-state index in [1.165, 1.54) is 16.8 Å². The maximum Gasteiger partial charge on any atom is 0.168 e. The molecule has 0 aliphatic rings. The van der Waals surface area contributed by atoms with Gasteiger partial charge in [0.05, 0.1) is 19.6 Å². The van der Waals surface area contributed by atoms with Gasteiger partial charge in [-0.1, -0.05) is 26.8 Å². The molecule has 0 aliphatic heterocycles. The average molecular weight is 408 g/mol. The predicted octanol–water partition coefficient (Wildman–Crippen LogP) is 4.25. The van der Waals surface area contributed by atoms with E-state index in [4.69, 9.17) is 19.4 Å². The van der Waals surface area contributed by atoms with Gasteiger partial charge in [0.2, 0.25) is 0 Å². The molecule has 0 bridgehead atoms. The van der Waals surface area contributed by atoms with Crippen LogP contribution < -0.4 is 9.47 Å². The summed E-state index contributed by atoms with van der Waals surface area (Å²) in [5.41, 5.74) is 5.29. The zero-order chi connectivity index (χ0) is 21.6. The summed E-state index contributed by atoms with van der Waals surface area (Å²) in [6, 6.07) is 6.06. The van der Waals surface area contributed by atoms with Crippen molar-refractivity contribution < 1.29 is 9.47 Å². The van der Waals surface area contributed by atoms with Crippen LogP contribution in [0.25, 0.3) is 16.7 Å². The van der Waals surface area contributed by atoms with Crippen molar-refractivity contribution in [1.82, 2.24) is 24.1 Å². The minimum atomic E-state index is -0.114. The van der Waals surface area contributed by atoms with Crippen molar-refractivity contribution in [3.8, 4) is 11.5 Å². The fraction of sp³-hybridized carbons (Fsp3) is 0.435. The summed E-state index contributed by atoms with van der Waals surface area (Å²) in [6.07, 6.45) is 2.63. The third-order valence-electron chi connectivity index (χ3n) is 5.69. The Hall–Kier alpha value is -3.09. The van der Waals surface area contributed by atoms with Crippen molar-refractivity contribution in [3.63, 3.8) is 0 Å². The van der Waals surface area contributed by atoms with E-state index in [1.54, 1.807) is 25.1 Å². The predicted molar refractivity (Wildman–Crippen MR) is 118 cm³/mol. The van der Waals surface area contributed by atoms with Gasteiger partial charge < -0.3 is 14.0 Å². The summed E-state index contributed by atoms with van der Waals surface area (Å²) in [5, 5.41) is 5.73. The molecule has 0 saturated carbocycles. The molecule has 30 heavy (non-hydrogen) atoms. The number of hydrogen-bond donors (Lipinski definition) is 0. The van der Waals surface area contributed by atoms with Crippen LogP contribution in [0.15, 0.2) is 24.5 Å². The van der Waals surface area contributed by atoms with E-state index in [0.717, 1.165) is 47.0 Å². The topological polar surface area (TPSA) is 66.5 Å². The number of ether oxygens (including phenoxy) is 2. The number of hydrogen-bond acceptors (Lipinski definition) is 5. The Labute approximate surface area is 176 Å². The van der Waals surface area contributed by atoms with Gasteiger partial charge in [-0.2, -0.15) is 0 Å². The van der Waals surface area contributed by atoms with E-state index in [1.807, 2.05) is 12.1 Å². The number of rotatable bonds is 5. The molecule has 7 nitrogen and oxygen atoms in total. The normalized spacial score (nSPS) is 12.1. The second kappa shape index (κ2) is 7.31. The Kier molecular flexibility index (Phi) is 4.92. The Balaban J connectivity index is 1.74. The zero-order valence-corrected chi connectivity index (χ0v) is 18.8. The molecule has 0 fully saturated rings. The number of aromatic nitrogens is 5. The first-order chi connectivity index (χ1) is 14.2. The summed E-state index contributed by atoms with van der Waals surface area (Å²) in [6.45, 7) is 11.5. The van der Waals surface area contributed by atoms with Crippen molar-refractivity contribution in [3.05, 3.63) is 47.2 Å². The molecule has 1 aromatic carbocycles. The van der Waals surface area contributed by atoms with Gasteiger partial charge >= 0.3 is 0 Å². The first-order valence-electron chi connectivity index (χ1n) is 10.2. The lowest BCUT2D eigenvalue weighted by Crippen LogP contribution is -2.13. The SMILES string of the molecule is COc1ccc(CCn2c(C)c(C)c3c2ncn2nc(C(C)(C)C)nc32)cc1OC. The highest BCUT2D eigenvalue weighted by Gasteiger charge is 2.23. The summed E-state index contributed by atoms with van der Waals surface area (Å²) in [7, 11) is 3.31. The van der Waals surface area contributed by atoms with Gasteiger partial charge in [-0.3, -0.25) is 0 Å². The second-order valence-electron chi connectivity index (χ2n) is 8.70. The van der Waals surface area contributed by atoms with Gasteiger partial charge in [0.15, 0.2) is 23.0 Å². The third kappa shape index (κ3) is 3.28. The van der Waals surface area contributed by atoms with Gasteiger partial charge in [-0.05, 0) is 43.5 Å². The summed E-state index contributed by atoms with van der Waals surface area (Å²) < 4.78 is 14.9. The van der Waals surface area contributed by atoms with E-state index in [0.29, 0.717) is 0 Å². The van der Waals surface area contributed by atoms with Crippen molar-refractivity contribution in [2.45, 2.75) is 53.0 Å². The van der Waals surface area contributed by atoms with Crippen LogP contribution in [0.4, 0.5) is 0 Å². The third-order valence-corrected chi connectivity index (χ3v) is 5.69. The van der Waals surface area contributed by atoms with Crippen LogP contribution in [0.2, 0.25) is 0 Å². The van der Waals surface area contributed by atoms with Gasteiger partial charge in [0.1, 0.15) is 12.0 Å². The lowest BCUT2D eigenvalue weighted by molar-refractivity contribution is 0.354. The van der Waals surface area contributed by atoms with Gasteiger partial charge in [-0.15, -0.1) is 5.10 Å². The molecule has 0 saturated heterocycles. The molecule has 4 rings (SSSR count). The number of benzene rings is 1. The quantitative estimate of drug-likeness (QED) is 0.495. The maximum atomic E-state index is 5.44. The Morgan fingerprint density at radius 1 is 1.00 bits per heavy atom. The number of nitrogens with zero attached hydrogens (tertiary/aromatic N) is 5. The molecule has 158 valence electrons. The maximum absolute atomic E-state index is 5.44. The van der Waals surface area contributed by atoms with E-state index >= 15 is 0 Å². The van der Waals surface area contributed by atoms with Crippen LogP contribution >= 0.6 is 0 Å². The van der Waals surface area contributed by atoms with Crippen LogP contribution in [-0.2, 0) is 18.4 Å². The van der Waals surface area contributed by atoms with Crippen LogP contribution in [-0.4, -0.2) is 38.4 Å². The van der Waals surface area contributed by atoms with Gasteiger partial charge in [-0.25, -0.2) is 14.5 Å². The molecular formula is C23H29N5O2. The van der Waals surface area contributed by atoms with Crippen molar-refractivity contribution in [1.29, 1.82) is 0 Å². The number of fused-ring (bicyclic) bond motifs is 3. The minimum absolute atomic E-state index is 0.114. The summed E-state index contributed by atoms with van der Waals surface area (Å²) in [4.78, 5) is 9.59. The van der Waals surface area contributed by atoms with Crippen molar-refractivity contribution in [2.24, 2.45) is 0 Å². The minimum Gasteiger partial charge on any atom is -0.493 e. The molecule has 0 atom stereocenters. The molecule has 4 aromatic rings. The van der Waals surface area contributed by atoms with Crippen LogP contribution in [0.5, 0.6) is 11.5 Å². The number of methoxy groups -OCH3 is 2. The second-order valence-corrected chi connectivity index (χ2v) is 8.70. The lowest BCUT2D eigenvalue weighted by Gasteiger charge is -2.11. The fourth-order valence-electron chi connectivity index (χ4n) is 3.80. The molecule has 0 N–H and O–H groups in total. The van der Waals surface area contributed by atoms with E-state index in [2.05, 4.69) is 50.4 Å². The summed E-state index contributed by atoms with van der Waals surface area (Å²) >= 11 is 0. The molecule has 0 amide bonds. The van der Waals surface area contributed by atoms with Gasteiger partial charge in [0, 0.05) is 17.7 Å². The highest BCUT2D eigenvalue weighted by molar-refractivity contribution is 5.93. The van der Waals surface area contributed by atoms with Crippen LogP contribution in [0.3, 0.4) is 0 Å². The van der Waals surface area contributed by atoms with Gasteiger partial charge in [0.25, 0.3) is 0 Å². The van der Waals surface area contributed by atoms with E-state index in [9.17, 15) is 0 Å². The fourth-order valence-corrected chi connectivity index (χ4v) is 3.80. The van der Waals surface area contributed by atoms with Crippen LogP contribution in [0, 0.1) is 13.8 Å². The van der Waals surface area contributed by atoms with Crippen LogP contribution in [0.1, 0.15) is 43.4 Å². The standard InChI is InChI=1S/C23H29N5O2/c1-14-15(2)27(11-10-16-8-9-17(29-6)18(12-16)30-7)20-19(14)21-25-22(23(3,4)5)26-28(21)13-24-20/h8-9,12-13H,10-11H2,1-7H3. The first kappa shape index (κ1) is 20.2. The Morgan fingerprint density at radius 2 is 1.73 bits per heavy atom. The molecular weight excluding hydrogens is 378 g/mol. The highest BCUT2D eigenvalue weighted by atomic mass is 16.5. The Bertz CT molecular complexity index is 1230. The zero-order valence-electron chi connectivity index (χ0n) is 18.8. The molecule has 3 aromatic heterocycles. The lowest BCUT2D eigenvalue weighted by atomic mass is 9.96. The average Bonchev–Trinajstić information content (AvgIpc) is 3.26. The highest BCUT2D eigenvalue weighted by Crippen LogP contribution is 2.30. The van der Waals surface area contributed by atoms with Crippen molar-refractivity contribution in [2.75, 3.05) is 14.2 Å². The number of aryl methyl sites for hydroxylation is 3. The van der Waals surface area contributed by atoms with E-state index in [-0.39, 0.29) is 5.41 Å². The Morgan fingerprint density at radius 3 is 2.40 bits per heavy atom. The first-order valence-corrected chi connectivity index (χ1v) is 10.2. The monoisotopic (exact) mass is 407 g/mol. The molecule has 7 heteroatoms. The van der Waals surface area contributed by atoms with E-state index < -0.39 is 0 Å². The summed E-state index contributed by atoms with van der Waals surface area (Å²) in [5.74, 6) is 2.32. The molecule has 0 spiro atoms. The molecule has 0 radical (unpaired) electrons. The largest absolute Gasteiger partial charge is 0.493 e. The van der Waals surface area contributed by atoms with Crippen molar-refractivity contribution >= 4 is 16.7 Å². The molecule has 0 aliphatic carbocycles.